The Kier molecular flexibility index (Phi) is 3.35. The van der Waals surface area contributed by atoms with Crippen molar-refractivity contribution in [1.82, 2.24) is 0 Å². The quantitative estimate of drug-likeness (QED) is 0.721. The van der Waals surface area contributed by atoms with E-state index in [2.05, 4.69) is 15.9 Å². The van der Waals surface area contributed by atoms with Gasteiger partial charge < -0.3 is 0 Å². The Morgan fingerprint density at radius 1 is 1.33 bits per heavy atom. The average molecular weight is 282 g/mol. The first-order chi connectivity index (χ1) is 6.88. The minimum atomic E-state index is -4.61. The molecular formula is C9H4BrF4N. The summed E-state index contributed by atoms with van der Waals surface area (Å²) >= 11 is 2.53. The first-order valence-electron chi connectivity index (χ1n) is 3.79. The number of halogens is 5. The first kappa shape index (κ1) is 12.0. The lowest BCUT2D eigenvalue weighted by Gasteiger charge is -2.10. The molecule has 0 atom stereocenters. The van der Waals surface area contributed by atoms with E-state index in [1.165, 1.54) is 0 Å². The molecule has 1 aromatic carbocycles. The zero-order chi connectivity index (χ0) is 11.6. The monoisotopic (exact) mass is 281 g/mol. The molecular weight excluding hydrogens is 278 g/mol. The van der Waals surface area contributed by atoms with Crippen molar-refractivity contribution in [3.63, 3.8) is 0 Å². The Labute approximate surface area is 91.4 Å². The van der Waals surface area contributed by atoms with Crippen molar-refractivity contribution in [2.45, 2.75) is 12.6 Å². The number of hydrogen-bond acceptors (Lipinski definition) is 1. The SMILES string of the molecule is N#CCc1ccc(C(F)(F)F)c(Br)c1F. The topological polar surface area (TPSA) is 23.8 Å². The van der Waals surface area contributed by atoms with E-state index in [4.69, 9.17) is 5.26 Å². The lowest BCUT2D eigenvalue weighted by molar-refractivity contribution is -0.138. The molecule has 0 fully saturated rings. The molecule has 0 saturated carbocycles. The highest BCUT2D eigenvalue weighted by molar-refractivity contribution is 9.10. The van der Waals surface area contributed by atoms with Crippen LogP contribution in [-0.4, -0.2) is 0 Å². The van der Waals surface area contributed by atoms with Crippen LogP contribution < -0.4 is 0 Å². The van der Waals surface area contributed by atoms with Gasteiger partial charge in [0.25, 0.3) is 0 Å². The first-order valence-corrected chi connectivity index (χ1v) is 4.58. The average Bonchev–Trinajstić information content (AvgIpc) is 2.11. The van der Waals surface area contributed by atoms with Crippen LogP contribution >= 0.6 is 15.9 Å². The van der Waals surface area contributed by atoms with E-state index < -0.39 is 22.0 Å². The summed E-state index contributed by atoms with van der Waals surface area (Å²) in [7, 11) is 0. The van der Waals surface area contributed by atoms with Crippen molar-refractivity contribution in [3.8, 4) is 6.07 Å². The van der Waals surface area contributed by atoms with Gasteiger partial charge in [0.1, 0.15) is 5.82 Å². The second kappa shape index (κ2) is 4.19. The van der Waals surface area contributed by atoms with Crippen LogP contribution in [0.1, 0.15) is 11.1 Å². The molecule has 80 valence electrons. The molecule has 1 nitrogen and oxygen atoms in total. The van der Waals surface area contributed by atoms with Crippen LogP contribution in [0.15, 0.2) is 16.6 Å². The fourth-order valence-electron chi connectivity index (χ4n) is 1.03. The predicted molar refractivity (Wildman–Crippen MR) is 48.4 cm³/mol. The Balaban J connectivity index is 3.29. The normalized spacial score (nSPS) is 11.2. The number of nitriles is 1. The highest BCUT2D eigenvalue weighted by Gasteiger charge is 2.34. The van der Waals surface area contributed by atoms with Crippen molar-refractivity contribution >= 4 is 15.9 Å². The minimum Gasteiger partial charge on any atom is -0.205 e. The largest absolute Gasteiger partial charge is 0.417 e. The molecule has 0 aliphatic heterocycles. The lowest BCUT2D eigenvalue weighted by atomic mass is 10.1. The van der Waals surface area contributed by atoms with Crippen molar-refractivity contribution in [2.24, 2.45) is 0 Å². The van der Waals surface area contributed by atoms with E-state index in [-0.39, 0.29) is 12.0 Å². The maximum absolute atomic E-state index is 13.3. The molecule has 0 radical (unpaired) electrons. The van der Waals surface area contributed by atoms with Gasteiger partial charge in [-0.05, 0) is 22.0 Å². The highest BCUT2D eigenvalue weighted by atomic mass is 79.9. The van der Waals surface area contributed by atoms with Crippen LogP contribution in [0.5, 0.6) is 0 Å². The van der Waals surface area contributed by atoms with Gasteiger partial charge in [-0.3, -0.25) is 0 Å². The summed E-state index contributed by atoms with van der Waals surface area (Å²) in [6.07, 6.45) is -4.87. The predicted octanol–water partition coefficient (Wildman–Crippen LogP) is 3.67. The summed E-state index contributed by atoms with van der Waals surface area (Å²) in [6, 6.07) is 3.38. The molecule has 0 aliphatic carbocycles. The number of rotatable bonds is 1. The van der Waals surface area contributed by atoms with Crippen molar-refractivity contribution < 1.29 is 17.6 Å². The van der Waals surface area contributed by atoms with Gasteiger partial charge >= 0.3 is 6.18 Å². The third-order valence-corrected chi connectivity index (χ3v) is 2.51. The van der Waals surface area contributed by atoms with Crippen LogP contribution in [0.25, 0.3) is 0 Å². The summed E-state index contributed by atoms with van der Waals surface area (Å²) in [4.78, 5) is 0. The van der Waals surface area contributed by atoms with Gasteiger partial charge in [0.15, 0.2) is 0 Å². The third-order valence-electron chi connectivity index (χ3n) is 1.74. The van der Waals surface area contributed by atoms with Crippen LogP contribution in [0, 0.1) is 17.1 Å². The van der Waals surface area contributed by atoms with Crippen molar-refractivity contribution in [2.75, 3.05) is 0 Å². The number of hydrogen-bond donors (Lipinski definition) is 0. The van der Waals surface area contributed by atoms with Gasteiger partial charge in [-0.25, -0.2) is 4.39 Å². The molecule has 0 saturated heterocycles. The summed E-state index contributed by atoms with van der Waals surface area (Å²) in [5.74, 6) is -1.04. The van der Waals surface area contributed by atoms with Gasteiger partial charge in [0.05, 0.1) is 22.5 Å². The second-order valence-corrected chi connectivity index (χ2v) is 3.53. The molecule has 6 heteroatoms. The zero-order valence-corrected chi connectivity index (χ0v) is 8.78. The van der Waals surface area contributed by atoms with E-state index in [0.717, 1.165) is 12.1 Å². The van der Waals surface area contributed by atoms with Gasteiger partial charge in [-0.2, -0.15) is 18.4 Å². The Hall–Kier alpha value is -1.09. The molecule has 1 aromatic rings. The molecule has 0 aliphatic rings. The smallest absolute Gasteiger partial charge is 0.205 e. The summed E-state index contributed by atoms with van der Waals surface area (Å²) < 4.78 is 49.5. The van der Waals surface area contributed by atoms with E-state index >= 15 is 0 Å². The standard InChI is InChI=1S/C9H4BrF4N/c10-7-6(9(12,13)14)2-1-5(3-4-15)8(7)11/h1-2H,3H2. The fraction of sp³-hybridized carbons (Fsp3) is 0.222. The molecule has 0 amide bonds. The number of benzene rings is 1. The summed E-state index contributed by atoms with van der Waals surface area (Å²) in [5, 5.41) is 8.31. The third kappa shape index (κ3) is 2.48. The minimum absolute atomic E-state index is 0.0580. The Morgan fingerprint density at radius 2 is 1.93 bits per heavy atom. The van der Waals surface area contributed by atoms with Crippen LogP contribution in [0.4, 0.5) is 17.6 Å². The molecule has 1 rings (SSSR count). The molecule has 15 heavy (non-hydrogen) atoms. The molecule has 0 aromatic heterocycles. The van der Waals surface area contributed by atoms with Gasteiger partial charge in [0, 0.05) is 5.56 Å². The van der Waals surface area contributed by atoms with Crippen LogP contribution in [0.2, 0.25) is 0 Å². The highest BCUT2D eigenvalue weighted by Crippen LogP contribution is 2.36. The summed E-state index contributed by atoms with van der Waals surface area (Å²) in [6.45, 7) is 0. The molecule has 0 heterocycles. The maximum Gasteiger partial charge on any atom is 0.417 e. The summed E-state index contributed by atoms with van der Waals surface area (Å²) in [5.41, 5.74) is -1.14. The van der Waals surface area contributed by atoms with Gasteiger partial charge in [0.2, 0.25) is 0 Å². The molecule has 0 N–H and O–H groups in total. The van der Waals surface area contributed by atoms with Gasteiger partial charge in [-0.15, -0.1) is 0 Å². The van der Waals surface area contributed by atoms with Crippen molar-refractivity contribution in [3.05, 3.63) is 33.5 Å². The molecule has 0 spiro atoms. The number of alkyl halides is 3. The fourth-order valence-corrected chi connectivity index (χ4v) is 1.64. The van der Waals surface area contributed by atoms with E-state index in [9.17, 15) is 17.6 Å². The molecule has 0 bridgehead atoms. The molecule has 0 unspecified atom stereocenters. The van der Waals surface area contributed by atoms with Crippen molar-refractivity contribution in [1.29, 1.82) is 5.26 Å². The van der Waals surface area contributed by atoms with Crippen LogP contribution in [-0.2, 0) is 12.6 Å². The van der Waals surface area contributed by atoms with E-state index in [1.54, 1.807) is 6.07 Å². The maximum atomic E-state index is 13.3. The van der Waals surface area contributed by atoms with E-state index in [1.807, 2.05) is 0 Å². The van der Waals surface area contributed by atoms with E-state index in [0.29, 0.717) is 0 Å². The Morgan fingerprint density at radius 3 is 2.40 bits per heavy atom. The van der Waals surface area contributed by atoms with Gasteiger partial charge in [-0.1, -0.05) is 6.07 Å². The lowest BCUT2D eigenvalue weighted by Crippen LogP contribution is -2.08. The zero-order valence-electron chi connectivity index (χ0n) is 7.20. The second-order valence-electron chi connectivity index (χ2n) is 2.73. The number of nitrogens with zero attached hydrogens (tertiary/aromatic N) is 1. The Bertz CT molecular complexity index is 419. The van der Waals surface area contributed by atoms with Crippen LogP contribution in [0.3, 0.4) is 0 Å².